The van der Waals surface area contributed by atoms with E-state index < -0.39 is 0 Å². The molecule has 2 aromatic heterocycles. The molecule has 3 heterocycles. The van der Waals surface area contributed by atoms with Gasteiger partial charge in [0.1, 0.15) is 11.6 Å². The predicted molar refractivity (Wildman–Crippen MR) is 79.3 cm³/mol. The van der Waals surface area contributed by atoms with Gasteiger partial charge in [-0.25, -0.2) is 14.6 Å². The van der Waals surface area contributed by atoms with Crippen LogP contribution in [0.1, 0.15) is 49.2 Å². The fourth-order valence-corrected chi connectivity index (χ4v) is 3.03. The van der Waals surface area contributed by atoms with E-state index in [9.17, 15) is 0 Å². The highest BCUT2D eigenvalue weighted by Gasteiger charge is 2.28. The third-order valence-electron chi connectivity index (χ3n) is 4.40. The summed E-state index contributed by atoms with van der Waals surface area (Å²) in [5.74, 6) is 2.75. The first-order valence-corrected chi connectivity index (χ1v) is 7.76. The Labute approximate surface area is 124 Å². The van der Waals surface area contributed by atoms with Gasteiger partial charge in [-0.3, -0.25) is 0 Å². The largest absolute Gasteiger partial charge is 0.356 e. The molecule has 0 radical (unpaired) electrons. The Bertz CT molecular complexity index is 611. The highest BCUT2D eigenvalue weighted by Crippen LogP contribution is 2.38. The molecule has 0 amide bonds. The van der Waals surface area contributed by atoms with Crippen LogP contribution >= 0.6 is 0 Å². The Balaban J connectivity index is 1.48. The third kappa shape index (κ3) is 2.62. The van der Waals surface area contributed by atoms with Gasteiger partial charge in [0.25, 0.3) is 0 Å². The summed E-state index contributed by atoms with van der Waals surface area (Å²) >= 11 is 0. The quantitative estimate of drug-likeness (QED) is 0.863. The lowest BCUT2D eigenvalue weighted by Gasteiger charge is -2.32. The average molecular weight is 284 g/mol. The minimum Gasteiger partial charge on any atom is -0.356 e. The summed E-state index contributed by atoms with van der Waals surface area (Å²) in [6.07, 6.45) is 8.38. The van der Waals surface area contributed by atoms with E-state index in [1.54, 1.807) is 6.20 Å². The zero-order chi connectivity index (χ0) is 14.2. The van der Waals surface area contributed by atoms with Gasteiger partial charge in [0, 0.05) is 37.0 Å². The molecule has 0 N–H and O–H groups in total. The molecule has 4 rings (SSSR count). The van der Waals surface area contributed by atoms with Gasteiger partial charge in [-0.1, -0.05) is 5.21 Å². The monoisotopic (exact) mass is 284 g/mol. The molecule has 2 fully saturated rings. The summed E-state index contributed by atoms with van der Waals surface area (Å²) in [5.41, 5.74) is 1.08. The Hall–Kier alpha value is -1.98. The number of nitrogens with zero attached hydrogens (tertiary/aromatic N) is 6. The van der Waals surface area contributed by atoms with Crippen LogP contribution in [-0.2, 0) is 0 Å². The first-order valence-electron chi connectivity index (χ1n) is 7.76. The molecule has 6 nitrogen and oxygen atoms in total. The van der Waals surface area contributed by atoms with Crippen LogP contribution in [-0.4, -0.2) is 38.1 Å². The highest BCUT2D eigenvalue weighted by molar-refractivity contribution is 5.41. The molecule has 0 spiro atoms. The molecule has 21 heavy (non-hydrogen) atoms. The van der Waals surface area contributed by atoms with Crippen molar-refractivity contribution in [2.24, 2.45) is 0 Å². The summed E-state index contributed by atoms with van der Waals surface area (Å²) in [6, 6.07) is 2.58. The number of hydrogen-bond donors (Lipinski definition) is 0. The number of aromatic nitrogens is 5. The zero-order valence-electron chi connectivity index (χ0n) is 12.3. The van der Waals surface area contributed by atoms with Crippen LogP contribution < -0.4 is 4.90 Å². The van der Waals surface area contributed by atoms with Crippen molar-refractivity contribution in [3.8, 4) is 0 Å². The fraction of sp³-hybridized carbons (Fsp3) is 0.600. The predicted octanol–water partition coefficient (Wildman–Crippen LogP) is 2.10. The van der Waals surface area contributed by atoms with Crippen molar-refractivity contribution in [2.45, 2.75) is 44.6 Å². The third-order valence-corrected chi connectivity index (χ3v) is 4.40. The summed E-state index contributed by atoms with van der Waals surface area (Å²) in [6.45, 7) is 4.11. The lowest BCUT2D eigenvalue weighted by atomic mass is 10.1. The summed E-state index contributed by atoms with van der Waals surface area (Å²) in [4.78, 5) is 11.8. The summed E-state index contributed by atoms with van der Waals surface area (Å²) < 4.78 is 1.98. The zero-order valence-corrected chi connectivity index (χ0v) is 12.3. The Morgan fingerprint density at radius 2 is 1.90 bits per heavy atom. The lowest BCUT2D eigenvalue weighted by molar-refractivity contribution is 0.359. The summed E-state index contributed by atoms with van der Waals surface area (Å²) in [5, 5.41) is 8.02. The van der Waals surface area contributed by atoms with Crippen LogP contribution in [0.3, 0.4) is 0 Å². The fourth-order valence-electron chi connectivity index (χ4n) is 3.03. The first-order chi connectivity index (χ1) is 10.3. The van der Waals surface area contributed by atoms with E-state index in [0.717, 1.165) is 43.3 Å². The van der Waals surface area contributed by atoms with Gasteiger partial charge in [-0.05, 0) is 32.6 Å². The van der Waals surface area contributed by atoms with Crippen LogP contribution in [0.2, 0.25) is 0 Å². The second-order valence-corrected chi connectivity index (χ2v) is 6.10. The van der Waals surface area contributed by atoms with Gasteiger partial charge in [0.05, 0.1) is 12.2 Å². The minimum absolute atomic E-state index is 0.467. The maximum absolute atomic E-state index is 4.79. The van der Waals surface area contributed by atoms with Crippen molar-refractivity contribution in [3.05, 3.63) is 30.0 Å². The van der Waals surface area contributed by atoms with E-state index in [4.69, 9.17) is 4.98 Å². The SMILES string of the molecule is Cc1cc(N2CCC(n3ccnn3)CC2)nc(C2CC2)n1. The molecule has 0 atom stereocenters. The second kappa shape index (κ2) is 5.09. The van der Waals surface area contributed by atoms with E-state index >= 15 is 0 Å². The Morgan fingerprint density at radius 3 is 2.57 bits per heavy atom. The van der Waals surface area contributed by atoms with Crippen LogP contribution in [0.5, 0.6) is 0 Å². The number of hydrogen-bond acceptors (Lipinski definition) is 5. The standard InChI is InChI=1S/C15H20N6/c1-11-10-14(18-15(17-11)12-2-3-12)20-7-4-13(5-8-20)21-9-6-16-19-21/h6,9-10,12-13H,2-5,7-8H2,1H3. The number of piperidine rings is 1. The maximum atomic E-state index is 4.79. The van der Waals surface area contributed by atoms with E-state index in [1.807, 2.05) is 10.9 Å². The molecule has 2 aromatic rings. The molecule has 1 aliphatic heterocycles. The Morgan fingerprint density at radius 1 is 1.10 bits per heavy atom. The van der Waals surface area contributed by atoms with Gasteiger partial charge in [-0.2, -0.15) is 0 Å². The molecule has 1 saturated heterocycles. The lowest BCUT2D eigenvalue weighted by Crippen LogP contribution is -2.35. The van der Waals surface area contributed by atoms with Crippen molar-refractivity contribution in [1.29, 1.82) is 0 Å². The molecular formula is C15H20N6. The van der Waals surface area contributed by atoms with Crippen molar-refractivity contribution >= 4 is 5.82 Å². The van der Waals surface area contributed by atoms with Gasteiger partial charge < -0.3 is 4.90 Å². The second-order valence-electron chi connectivity index (χ2n) is 6.10. The van der Waals surface area contributed by atoms with Crippen molar-refractivity contribution in [1.82, 2.24) is 25.0 Å². The number of aryl methyl sites for hydroxylation is 1. The molecule has 0 aromatic carbocycles. The number of anilines is 1. The van der Waals surface area contributed by atoms with E-state index in [-0.39, 0.29) is 0 Å². The van der Waals surface area contributed by atoms with Gasteiger partial charge in [-0.15, -0.1) is 5.10 Å². The molecule has 1 saturated carbocycles. The molecular weight excluding hydrogens is 264 g/mol. The van der Waals surface area contributed by atoms with Gasteiger partial charge in [0.15, 0.2) is 0 Å². The van der Waals surface area contributed by atoms with Gasteiger partial charge in [0.2, 0.25) is 0 Å². The van der Waals surface area contributed by atoms with E-state index in [2.05, 4.69) is 33.2 Å². The van der Waals surface area contributed by atoms with E-state index in [0.29, 0.717) is 12.0 Å². The van der Waals surface area contributed by atoms with Crippen molar-refractivity contribution < 1.29 is 0 Å². The molecule has 6 heteroatoms. The molecule has 0 unspecified atom stereocenters. The van der Waals surface area contributed by atoms with Crippen LogP contribution in [0.25, 0.3) is 0 Å². The minimum atomic E-state index is 0.467. The maximum Gasteiger partial charge on any atom is 0.134 e. The van der Waals surface area contributed by atoms with Crippen LogP contribution in [0.15, 0.2) is 18.5 Å². The topological polar surface area (TPSA) is 59.7 Å². The van der Waals surface area contributed by atoms with Crippen LogP contribution in [0, 0.1) is 6.92 Å². The van der Waals surface area contributed by atoms with Crippen LogP contribution in [0.4, 0.5) is 5.82 Å². The summed E-state index contributed by atoms with van der Waals surface area (Å²) in [7, 11) is 0. The molecule has 110 valence electrons. The van der Waals surface area contributed by atoms with Crippen molar-refractivity contribution in [2.75, 3.05) is 18.0 Å². The number of rotatable bonds is 3. The Kier molecular flexibility index (Phi) is 3.09. The highest BCUT2D eigenvalue weighted by atomic mass is 15.4. The average Bonchev–Trinajstić information content (AvgIpc) is 3.22. The smallest absolute Gasteiger partial charge is 0.134 e. The normalized spacial score (nSPS) is 20.0. The van der Waals surface area contributed by atoms with Gasteiger partial charge >= 0.3 is 0 Å². The first kappa shape index (κ1) is 12.7. The molecule has 0 bridgehead atoms. The van der Waals surface area contributed by atoms with Crippen molar-refractivity contribution in [3.63, 3.8) is 0 Å². The molecule has 2 aliphatic rings. The van der Waals surface area contributed by atoms with E-state index in [1.165, 1.54) is 12.8 Å². The molecule has 1 aliphatic carbocycles.